The molecular weight excluding hydrogens is 388 g/mol. The summed E-state index contributed by atoms with van der Waals surface area (Å²) < 4.78 is 5.20. The second-order valence-corrected chi connectivity index (χ2v) is 10.2. The van der Waals surface area contributed by atoms with Gasteiger partial charge in [0.2, 0.25) is 0 Å². The van der Waals surface area contributed by atoms with Gasteiger partial charge in [-0.15, -0.1) is 11.3 Å². The van der Waals surface area contributed by atoms with Gasteiger partial charge in [0.05, 0.1) is 0 Å². The largest absolute Gasteiger partial charge is 0.453 e. The van der Waals surface area contributed by atoms with Crippen LogP contribution >= 0.6 is 11.3 Å². The monoisotopic (exact) mass is 418 g/mol. The summed E-state index contributed by atoms with van der Waals surface area (Å²) in [6, 6.07) is 3.56. The van der Waals surface area contributed by atoms with Crippen LogP contribution in [-0.4, -0.2) is 29.6 Å². The number of hydrogen-bond acceptors (Lipinski definition) is 5. The topological polar surface area (TPSA) is 84.5 Å². The molecule has 6 nitrogen and oxygen atoms in total. The first-order chi connectivity index (χ1) is 13.9. The van der Waals surface area contributed by atoms with Gasteiger partial charge in [-0.2, -0.15) is 0 Å². The van der Waals surface area contributed by atoms with E-state index < -0.39 is 24.0 Å². The molecule has 1 aromatic rings. The Kier molecular flexibility index (Phi) is 5.95. The maximum absolute atomic E-state index is 12.4. The number of urea groups is 1. The summed E-state index contributed by atoms with van der Waals surface area (Å²) in [5, 5.41) is 7.49. The lowest BCUT2D eigenvalue weighted by molar-refractivity contribution is -0.154. The molecule has 4 saturated carbocycles. The molecule has 4 aliphatic carbocycles. The van der Waals surface area contributed by atoms with Gasteiger partial charge in [0, 0.05) is 16.8 Å². The lowest BCUT2D eigenvalue weighted by Crippen LogP contribution is -2.62. The second kappa shape index (κ2) is 8.46. The molecule has 1 atom stereocenters. The fourth-order valence-electron chi connectivity index (χ4n) is 5.92. The second-order valence-electron chi connectivity index (χ2n) is 9.21. The molecule has 0 radical (unpaired) electrons. The number of ether oxygens (including phenoxy) is 1. The van der Waals surface area contributed by atoms with Crippen LogP contribution in [0.2, 0.25) is 0 Å². The van der Waals surface area contributed by atoms with E-state index in [2.05, 4.69) is 10.6 Å². The Bertz CT molecular complexity index is 726. The Hall–Kier alpha value is -1.89. The van der Waals surface area contributed by atoms with Crippen molar-refractivity contribution in [2.24, 2.45) is 17.8 Å². The van der Waals surface area contributed by atoms with Gasteiger partial charge < -0.3 is 10.1 Å². The third-order valence-corrected chi connectivity index (χ3v) is 7.65. The SMILES string of the molecule is C[C@@H](OC(=O)CCCc1cccs1)C(=O)NC(=O)NC12CC3CC(CC(C3)C1)C2. The highest BCUT2D eigenvalue weighted by Gasteiger charge is 2.51. The Morgan fingerprint density at radius 3 is 2.41 bits per heavy atom. The van der Waals surface area contributed by atoms with Gasteiger partial charge >= 0.3 is 12.0 Å². The molecule has 4 fully saturated rings. The molecule has 0 unspecified atom stereocenters. The molecule has 2 N–H and O–H groups in total. The number of carbonyl (C=O) groups excluding carboxylic acids is 3. The Morgan fingerprint density at radius 1 is 1.17 bits per heavy atom. The van der Waals surface area contributed by atoms with E-state index in [1.54, 1.807) is 11.3 Å². The smallest absolute Gasteiger partial charge is 0.321 e. The van der Waals surface area contributed by atoms with E-state index in [4.69, 9.17) is 4.74 Å². The molecule has 4 aliphatic rings. The number of rotatable bonds is 7. The maximum atomic E-state index is 12.4. The third kappa shape index (κ3) is 5.00. The van der Waals surface area contributed by atoms with Crippen molar-refractivity contribution in [3.8, 4) is 0 Å². The van der Waals surface area contributed by atoms with Crippen LogP contribution in [0.4, 0.5) is 4.79 Å². The zero-order valence-corrected chi connectivity index (χ0v) is 17.8. The molecule has 0 aromatic carbocycles. The number of nitrogens with one attached hydrogen (secondary N) is 2. The van der Waals surface area contributed by atoms with Crippen LogP contribution < -0.4 is 10.6 Å². The van der Waals surface area contributed by atoms with Crippen molar-refractivity contribution in [2.45, 2.75) is 76.4 Å². The zero-order valence-electron chi connectivity index (χ0n) is 16.9. The van der Waals surface area contributed by atoms with Gasteiger partial charge in [-0.25, -0.2) is 4.79 Å². The fourth-order valence-corrected chi connectivity index (χ4v) is 6.67. The number of thiophene rings is 1. The van der Waals surface area contributed by atoms with Crippen molar-refractivity contribution in [3.63, 3.8) is 0 Å². The predicted octanol–water partition coefficient (Wildman–Crippen LogP) is 3.80. The number of aryl methyl sites for hydroxylation is 1. The summed E-state index contributed by atoms with van der Waals surface area (Å²) in [5.41, 5.74) is -0.152. The molecule has 5 rings (SSSR count). The van der Waals surface area contributed by atoms with E-state index in [1.807, 2.05) is 17.5 Å². The molecule has 1 aromatic heterocycles. The molecule has 7 heteroatoms. The van der Waals surface area contributed by atoms with E-state index in [-0.39, 0.29) is 12.0 Å². The number of esters is 1. The number of imide groups is 1. The van der Waals surface area contributed by atoms with Crippen molar-refractivity contribution in [1.29, 1.82) is 0 Å². The van der Waals surface area contributed by atoms with Crippen LogP contribution in [0.3, 0.4) is 0 Å². The van der Waals surface area contributed by atoms with Crippen molar-refractivity contribution < 1.29 is 19.1 Å². The molecule has 29 heavy (non-hydrogen) atoms. The minimum atomic E-state index is -0.980. The van der Waals surface area contributed by atoms with Gasteiger partial charge in [0.1, 0.15) is 0 Å². The van der Waals surface area contributed by atoms with Crippen LogP contribution in [0.1, 0.15) is 63.2 Å². The van der Waals surface area contributed by atoms with Crippen LogP contribution in [0, 0.1) is 17.8 Å². The van der Waals surface area contributed by atoms with Gasteiger partial charge in [-0.05, 0) is 87.5 Å². The number of hydrogen-bond donors (Lipinski definition) is 2. The summed E-state index contributed by atoms with van der Waals surface area (Å²) in [6.07, 6.45) is 7.73. The summed E-state index contributed by atoms with van der Waals surface area (Å²) in [4.78, 5) is 37.9. The molecule has 4 bridgehead atoms. The van der Waals surface area contributed by atoms with E-state index in [0.717, 1.165) is 25.7 Å². The van der Waals surface area contributed by atoms with Crippen molar-refractivity contribution in [2.75, 3.05) is 0 Å². The summed E-state index contributed by atoms with van der Waals surface area (Å²) in [5.74, 6) is 1.16. The van der Waals surface area contributed by atoms with Gasteiger partial charge in [-0.1, -0.05) is 6.07 Å². The minimum Gasteiger partial charge on any atom is -0.453 e. The molecule has 0 saturated heterocycles. The lowest BCUT2D eigenvalue weighted by atomic mass is 9.53. The van der Waals surface area contributed by atoms with Gasteiger partial charge in [0.15, 0.2) is 6.10 Å². The molecule has 3 amide bonds. The van der Waals surface area contributed by atoms with Crippen LogP contribution in [0.15, 0.2) is 17.5 Å². The van der Waals surface area contributed by atoms with E-state index >= 15 is 0 Å². The first-order valence-electron chi connectivity index (χ1n) is 10.8. The molecular formula is C22H30N2O4S. The van der Waals surface area contributed by atoms with Crippen LogP contribution in [-0.2, 0) is 20.7 Å². The highest BCUT2D eigenvalue weighted by molar-refractivity contribution is 7.09. The van der Waals surface area contributed by atoms with Crippen LogP contribution in [0.25, 0.3) is 0 Å². The lowest BCUT2D eigenvalue weighted by Gasteiger charge is -2.56. The minimum absolute atomic E-state index is 0.152. The van der Waals surface area contributed by atoms with Gasteiger partial charge in [-0.3, -0.25) is 14.9 Å². The van der Waals surface area contributed by atoms with E-state index in [0.29, 0.717) is 24.2 Å². The molecule has 0 spiro atoms. The van der Waals surface area contributed by atoms with Crippen molar-refractivity contribution >= 4 is 29.2 Å². The van der Waals surface area contributed by atoms with Crippen molar-refractivity contribution in [1.82, 2.24) is 10.6 Å². The highest BCUT2D eigenvalue weighted by atomic mass is 32.1. The summed E-state index contributed by atoms with van der Waals surface area (Å²) in [7, 11) is 0. The molecule has 158 valence electrons. The zero-order chi connectivity index (χ0) is 20.4. The maximum Gasteiger partial charge on any atom is 0.321 e. The first kappa shape index (κ1) is 20.4. The standard InChI is InChI=1S/C22H30N2O4S/c1-14(28-19(25)6-2-4-18-5-3-7-29-18)20(26)23-21(27)24-22-11-15-8-16(12-22)10-17(9-15)13-22/h3,5,7,14-17H,2,4,6,8-13H2,1H3,(H2,23,24,26,27)/t14-,15?,16?,17?,22?/m1/s1. The Morgan fingerprint density at radius 2 is 1.83 bits per heavy atom. The number of carbonyl (C=O) groups is 3. The molecule has 1 heterocycles. The van der Waals surface area contributed by atoms with Crippen LogP contribution in [0.5, 0.6) is 0 Å². The van der Waals surface area contributed by atoms with Crippen molar-refractivity contribution in [3.05, 3.63) is 22.4 Å². The molecule has 0 aliphatic heterocycles. The van der Waals surface area contributed by atoms with E-state index in [9.17, 15) is 14.4 Å². The third-order valence-electron chi connectivity index (χ3n) is 6.72. The van der Waals surface area contributed by atoms with E-state index in [1.165, 1.54) is 31.1 Å². The predicted molar refractivity (Wildman–Crippen MR) is 110 cm³/mol. The summed E-state index contributed by atoms with van der Waals surface area (Å²) >= 11 is 1.66. The average Bonchev–Trinajstić information content (AvgIpc) is 3.13. The summed E-state index contributed by atoms with van der Waals surface area (Å²) in [6.45, 7) is 1.50. The first-order valence-corrected chi connectivity index (χ1v) is 11.6. The average molecular weight is 419 g/mol. The number of amides is 3. The fraction of sp³-hybridized carbons (Fsp3) is 0.682. The Labute approximate surface area is 175 Å². The highest BCUT2D eigenvalue weighted by Crippen LogP contribution is 2.55. The Balaban J connectivity index is 1.19. The quantitative estimate of drug-likeness (QED) is 0.660. The van der Waals surface area contributed by atoms with Gasteiger partial charge in [0.25, 0.3) is 5.91 Å². The normalized spacial score (nSPS) is 30.6.